The number of phenolic OH excluding ortho intramolecular Hbond substituents is 1. The van der Waals surface area contributed by atoms with Crippen LogP contribution in [0, 0.1) is 0 Å². The van der Waals surface area contributed by atoms with Crippen molar-refractivity contribution >= 4 is 34.6 Å². The van der Waals surface area contributed by atoms with Crippen LogP contribution < -0.4 is 15.0 Å². The minimum Gasteiger partial charge on any atom is -0.508 e. The first-order chi connectivity index (χ1) is 17.6. The van der Waals surface area contributed by atoms with Crippen LogP contribution in [0.15, 0.2) is 85.2 Å². The van der Waals surface area contributed by atoms with Crippen LogP contribution in [0.1, 0.15) is 23.5 Å². The van der Waals surface area contributed by atoms with Crippen molar-refractivity contribution < 1.29 is 14.6 Å². The molecular weight excluding hydrogens is 496 g/mol. The molecule has 184 valence electrons. The summed E-state index contributed by atoms with van der Waals surface area (Å²) >= 11 is 12.4. The van der Waals surface area contributed by atoms with Gasteiger partial charge in [0.25, 0.3) is 0 Å². The number of phenols is 1. The first kappa shape index (κ1) is 24.1. The molecule has 1 aliphatic rings. The van der Waals surface area contributed by atoms with E-state index in [2.05, 4.69) is 25.8 Å². The van der Waals surface area contributed by atoms with Crippen LogP contribution in [-0.4, -0.2) is 40.1 Å². The summed E-state index contributed by atoms with van der Waals surface area (Å²) in [7, 11) is 1.63. The molecule has 4 aromatic rings. The smallest absolute Gasteiger partial charge is 0.174 e. The van der Waals surface area contributed by atoms with Crippen LogP contribution in [0.3, 0.4) is 0 Å². The molecule has 3 heterocycles. The van der Waals surface area contributed by atoms with Gasteiger partial charge in [-0.25, -0.2) is 0 Å². The molecule has 2 aromatic carbocycles. The molecule has 7 nitrogen and oxygen atoms in total. The van der Waals surface area contributed by atoms with Crippen LogP contribution in [0.5, 0.6) is 11.5 Å². The molecule has 9 heteroatoms. The Kier molecular flexibility index (Phi) is 7.09. The van der Waals surface area contributed by atoms with Gasteiger partial charge in [-0.15, -0.1) is 0 Å². The lowest BCUT2D eigenvalue weighted by Crippen LogP contribution is -2.30. The summed E-state index contributed by atoms with van der Waals surface area (Å²) in [5.74, 6) is 0.799. The maximum absolute atomic E-state index is 9.79. The van der Waals surface area contributed by atoms with Crippen molar-refractivity contribution in [3.63, 3.8) is 0 Å². The summed E-state index contributed by atoms with van der Waals surface area (Å²) in [5.41, 5.74) is 3.63. The third-order valence-corrected chi connectivity index (χ3v) is 6.66. The number of thiocarbonyl (C=S) groups is 1. The number of nitrogens with zero attached hydrogens (tertiary/aromatic N) is 3. The molecule has 0 spiro atoms. The van der Waals surface area contributed by atoms with Gasteiger partial charge in [0, 0.05) is 36.6 Å². The Balaban J connectivity index is 1.58. The second-order valence-electron chi connectivity index (χ2n) is 8.27. The maximum atomic E-state index is 9.79. The highest BCUT2D eigenvalue weighted by Gasteiger charge is 2.42. The van der Waals surface area contributed by atoms with Gasteiger partial charge < -0.3 is 29.4 Å². The molecule has 1 aliphatic heterocycles. The van der Waals surface area contributed by atoms with E-state index in [1.165, 1.54) is 0 Å². The number of benzene rings is 2. The average Bonchev–Trinajstić information content (AvgIpc) is 3.50. The normalized spacial score (nSPS) is 17.3. The van der Waals surface area contributed by atoms with Crippen LogP contribution in [0.4, 0.5) is 5.69 Å². The number of anilines is 1. The average molecular weight is 521 g/mol. The molecule has 36 heavy (non-hydrogen) atoms. The number of nitrogens with one attached hydrogen (secondary N) is 1. The fourth-order valence-corrected chi connectivity index (χ4v) is 4.98. The lowest BCUT2D eigenvalue weighted by molar-refractivity contribution is 0.146. The van der Waals surface area contributed by atoms with Gasteiger partial charge in [0.15, 0.2) is 5.11 Å². The summed E-state index contributed by atoms with van der Waals surface area (Å²) in [5, 5.41) is 14.3. The largest absolute Gasteiger partial charge is 0.508 e. The van der Waals surface area contributed by atoms with E-state index in [1.807, 2.05) is 60.8 Å². The standard InChI is InChI=1S/C27H25ClN4O3S/c1-34-15-16-35-24-12-9-19(17-21(24)28)32-26(25(30-27(32)36)22-5-2-3-13-29-22)23-6-4-14-31(23)18-7-10-20(33)11-8-18/h2-14,17,25-26,33H,15-16H2,1H3,(H,30,36)/t25-,26+/m0/s1. The van der Waals surface area contributed by atoms with E-state index in [-0.39, 0.29) is 17.8 Å². The van der Waals surface area contributed by atoms with Gasteiger partial charge in [0.2, 0.25) is 0 Å². The maximum Gasteiger partial charge on any atom is 0.174 e. The van der Waals surface area contributed by atoms with Gasteiger partial charge in [-0.05, 0) is 78.9 Å². The van der Waals surface area contributed by atoms with Crippen LogP contribution in [-0.2, 0) is 4.74 Å². The highest BCUT2D eigenvalue weighted by molar-refractivity contribution is 7.80. The third-order valence-electron chi connectivity index (χ3n) is 6.05. The molecule has 0 amide bonds. The molecule has 1 saturated heterocycles. The number of halogens is 1. The zero-order valence-corrected chi connectivity index (χ0v) is 21.1. The van der Waals surface area contributed by atoms with Gasteiger partial charge in [-0.1, -0.05) is 17.7 Å². The fourth-order valence-electron chi connectivity index (χ4n) is 4.41. The highest BCUT2D eigenvalue weighted by atomic mass is 35.5. The molecule has 0 radical (unpaired) electrons. The number of hydrogen-bond donors (Lipinski definition) is 2. The van der Waals surface area contributed by atoms with E-state index in [9.17, 15) is 5.11 Å². The van der Waals surface area contributed by atoms with E-state index in [0.29, 0.717) is 29.1 Å². The number of hydrogen-bond acceptors (Lipinski definition) is 5. The first-order valence-electron chi connectivity index (χ1n) is 11.5. The van der Waals surface area contributed by atoms with Crippen LogP contribution in [0.25, 0.3) is 5.69 Å². The van der Waals surface area contributed by atoms with E-state index < -0.39 is 0 Å². The van der Waals surface area contributed by atoms with Crippen LogP contribution >= 0.6 is 23.8 Å². The molecule has 5 rings (SSSR count). The van der Waals surface area contributed by atoms with Crippen molar-refractivity contribution in [2.24, 2.45) is 0 Å². The van der Waals surface area contributed by atoms with Gasteiger partial charge in [-0.3, -0.25) is 4.98 Å². The number of aromatic nitrogens is 2. The molecule has 2 aromatic heterocycles. The van der Waals surface area contributed by atoms with Crippen molar-refractivity contribution in [2.45, 2.75) is 12.1 Å². The highest BCUT2D eigenvalue weighted by Crippen LogP contribution is 2.43. The fraction of sp³-hybridized carbons (Fsp3) is 0.185. The van der Waals surface area contributed by atoms with Gasteiger partial charge in [0.1, 0.15) is 24.1 Å². The number of methoxy groups -OCH3 is 1. The molecule has 2 atom stereocenters. The third kappa shape index (κ3) is 4.75. The summed E-state index contributed by atoms with van der Waals surface area (Å²) < 4.78 is 12.9. The molecule has 2 N–H and O–H groups in total. The molecule has 1 fully saturated rings. The first-order valence-corrected chi connectivity index (χ1v) is 12.2. The second kappa shape index (κ2) is 10.6. The molecule has 0 saturated carbocycles. The Labute approximate surface area is 219 Å². The molecule has 0 bridgehead atoms. The van der Waals surface area contributed by atoms with Crippen molar-refractivity contribution in [3.8, 4) is 17.2 Å². The predicted molar refractivity (Wildman–Crippen MR) is 144 cm³/mol. The summed E-state index contributed by atoms with van der Waals surface area (Å²) in [6.45, 7) is 0.879. The minimum absolute atomic E-state index is 0.208. The monoisotopic (exact) mass is 520 g/mol. The quantitative estimate of drug-likeness (QED) is 0.237. The summed E-state index contributed by atoms with van der Waals surface area (Å²) in [6, 6.07) is 22.2. The van der Waals surface area contributed by atoms with E-state index in [1.54, 1.807) is 25.4 Å². The number of pyridine rings is 1. The van der Waals surface area contributed by atoms with Crippen LogP contribution in [0.2, 0.25) is 5.02 Å². The Hall–Kier alpha value is -3.59. The van der Waals surface area contributed by atoms with Crippen molar-refractivity contribution in [1.29, 1.82) is 0 Å². The van der Waals surface area contributed by atoms with E-state index in [4.69, 9.17) is 33.3 Å². The SMILES string of the molecule is COCCOc1ccc(N2C(=S)N[C@@H](c3ccccn3)[C@H]2c2cccn2-c2ccc(O)cc2)cc1Cl. The molecular formula is C27H25ClN4O3S. The number of aromatic hydroxyl groups is 1. The zero-order chi connectivity index (χ0) is 25.1. The van der Waals surface area contributed by atoms with Crippen molar-refractivity contribution in [2.75, 3.05) is 25.2 Å². The van der Waals surface area contributed by atoms with Crippen molar-refractivity contribution in [1.82, 2.24) is 14.9 Å². The van der Waals surface area contributed by atoms with Gasteiger partial charge in [0.05, 0.1) is 23.4 Å². The minimum atomic E-state index is -0.229. The second-order valence-corrected chi connectivity index (χ2v) is 9.07. The molecule has 0 unspecified atom stereocenters. The van der Waals surface area contributed by atoms with Gasteiger partial charge >= 0.3 is 0 Å². The van der Waals surface area contributed by atoms with E-state index >= 15 is 0 Å². The Morgan fingerprint density at radius 2 is 1.83 bits per heavy atom. The number of rotatable bonds is 8. The Morgan fingerprint density at radius 1 is 1.03 bits per heavy atom. The van der Waals surface area contributed by atoms with Crippen molar-refractivity contribution in [3.05, 3.63) is 102 Å². The predicted octanol–water partition coefficient (Wildman–Crippen LogP) is 5.43. The Morgan fingerprint density at radius 3 is 2.56 bits per heavy atom. The molecule has 0 aliphatic carbocycles. The number of ether oxygens (including phenoxy) is 2. The van der Waals surface area contributed by atoms with E-state index in [0.717, 1.165) is 22.8 Å². The lowest BCUT2D eigenvalue weighted by atomic mass is 10.0. The van der Waals surface area contributed by atoms with Gasteiger partial charge in [-0.2, -0.15) is 0 Å². The zero-order valence-electron chi connectivity index (χ0n) is 19.5. The topological polar surface area (TPSA) is 71.8 Å². The summed E-state index contributed by atoms with van der Waals surface area (Å²) in [4.78, 5) is 6.68. The Bertz CT molecular complexity index is 1350. The lowest BCUT2D eigenvalue weighted by Gasteiger charge is -2.29. The summed E-state index contributed by atoms with van der Waals surface area (Å²) in [6.07, 6.45) is 3.78.